The topological polar surface area (TPSA) is 57.8 Å². The number of aromatic amines is 1. The third-order valence-corrected chi connectivity index (χ3v) is 3.67. The summed E-state index contributed by atoms with van der Waals surface area (Å²) in [6.07, 6.45) is 0. The molecule has 1 aromatic heterocycles. The van der Waals surface area contributed by atoms with Crippen LogP contribution in [0.4, 0.5) is 20.4 Å². The second kappa shape index (κ2) is 6.71. The Morgan fingerprint density at radius 3 is 2.76 bits per heavy atom. The first-order chi connectivity index (χ1) is 9.94. The zero-order valence-corrected chi connectivity index (χ0v) is 12.4. The lowest BCUT2D eigenvalue weighted by molar-refractivity contribution is 0.586. The smallest absolute Gasteiger partial charge is 0.252 e. The molecule has 0 atom stereocenters. The fourth-order valence-electron chi connectivity index (χ4n) is 1.61. The van der Waals surface area contributed by atoms with Gasteiger partial charge < -0.3 is 5.32 Å². The van der Waals surface area contributed by atoms with Gasteiger partial charge in [-0.1, -0.05) is 13.8 Å². The van der Waals surface area contributed by atoms with Gasteiger partial charge in [0.25, 0.3) is 5.56 Å². The summed E-state index contributed by atoms with van der Waals surface area (Å²) < 4.78 is 26.4. The van der Waals surface area contributed by atoms with Crippen molar-refractivity contribution >= 4 is 23.4 Å². The van der Waals surface area contributed by atoms with Gasteiger partial charge >= 0.3 is 0 Å². The minimum atomic E-state index is -0.750. The van der Waals surface area contributed by atoms with Crippen LogP contribution in [0.2, 0.25) is 0 Å². The van der Waals surface area contributed by atoms with E-state index in [0.717, 1.165) is 12.1 Å². The van der Waals surface area contributed by atoms with Crippen LogP contribution in [0.15, 0.2) is 29.1 Å². The monoisotopic (exact) mass is 311 g/mol. The molecule has 7 heteroatoms. The average Bonchev–Trinajstić information content (AvgIpc) is 2.39. The molecule has 0 amide bonds. The van der Waals surface area contributed by atoms with Gasteiger partial charge in [0.1, 0.15) is 11.6 Å². The summed E-state index contributed by atoms with van der Waals surface area (Å²) in [7, 11) is 0. The predicted molar refractivity (Wildman–Crippen MR) is 80.9 cm³/mol. The number of hydrogen-bond donors (Lipinski definition) is 2. The molecule has 0 fully saturated rings. The molecular weight excluding hydrogens is 296 g/mol. The maximum atomic E-state index is 13.6. The number of nitrogens with zero attached hydrogens (tertiary/aromatic N) is 1. The summed E-state index contributed by atoms with van der Waals surface area (Å²) in [6.45, 7) is 4.09. The van der Waals surface area contributed by atoms with E-state index in [1.165, 1.54) is 12.1 Å². The molecule has 0 spiro atoms. The number of anilines is 2. The lowest BCUT2D eigenvalue weighted by Gasteiger charge is -2.09. The average molecular weight is 311 g/mol. The van der Waals surface area contributed by atoms with Crippen LogP contribution in [0.1, 0.15) is 19.5 Å². The first kappa shape index (κ1) is 15.5. The van der Waals surface area contributed by atoms with E-state index in [9.17, 15) is 13.6 Å². The number of rotatable bonds is 5. The van der Waals surface area contributed by atoms with Gasteiger partial charge in [-0.25, -0.2) is 13.8 Å². The van der Waals surface area contributed by atoms with E-state index in [0.29, 0.717) is 16.7 Å². The third kappa shape index (κ3) is 4.56. The van der Waals surface area contributed by atoms with Crippen LogP contribution < -0.4 is 10.9 Å². The van der Waals surface area contributed by atoms with Crippen molar-refractivity contribution in [2.24, 2.45) is 0 Å². The van der Waals surface area contributed by atoms with Gasteiger partial charge in [-0.2, -0.15) is 11.8 Å². The van der Waals surface area contributed by atoms with Crippen molar-refractivity contribution < 1.29 is 8.78 Å². The van der Waals surface area contributed by atoms with Crippen LogP contribution in [0.5, 0.6) is 0 Å². The van der Waals surface area contributed by atoms with E-state index in [4.69, 9.17) is 0 Å². The van der Waals surface area contributed by atoms with Crippen molar-refractivity contribution in [3.05, 3.63) is 51.9 Å². The highest BCUT2D eigenvalue weighted by atomic mass is 32.2. The summed E-state index contributed by atoms with van der Waals surface area (Å²) in [5, 5.41) is 3.06. The molecule has 0 aliphatic heterocycles. The molecule has 1 aromatic carbocycles. The standard InChI is InChI=1S/C14H15F2N3OS/c1-8(2)21-7-10-6-13(20)19-14(17-10)18-12-4-3-9(15)5-11(12)16/h3-6,8H,7H2,1-2H3,(H2,17,18,19,20). The van der Waals surface area contributed by atoms with E-state index >= 15 is 0 Å². The highest BCUT2D eigenvalue weighted by molar-refractivity contribution is 7.99. The number of halogens is 2. The second-order valence-electron chi connectivity index (χ2n) is 4.69. The molecule has 0 radical (unpaired) electrons. The Hall–Kier alpha value is -1.89. The summed E-state index contributed by atoms with van der Waals surface area (Å²) >= 11 is 1.65. The summed E-state index contributed by atoms with van der Waals surface area (Å²) in [5.41, 5.74) is 0.324. The number of hydrogen-bond acceptors (Lipinski definition) is 4. The second-order valence-corrected chi connectivity index (χ2v) is 6.26. The lowest BCUT2D eigenvalue weighted by atomic mass is 10.3. The first-order valence-electron chi connectivity index (χ1n) is 6.38. The van der Waals surface area contributed by atoms with Crippen LogP contribution in [-0.4, -0.2) is 15.2 Å². The summed E-state index contributed by atoms with van der Waals surface area (Å²) in [4.78, 5) is 18.3. The van der Waals surface area contributed by atoms with E-state index in [1.807, 2.05) is 13.8 Å². The van der Waals surface area contributed by atoms with Crippen LogP contribution in [0, 0.1) is 11.6 Å². The third-order valence-electron chi connectivity index (χ3n) is 2.54. The Labute approximate surface area is 125 Å². The molecule has 0 saturated carbocycles. The van der Waals surface area contributed by atoms with Crippen molar-refractivity contribution in [1.29, 1.82) is 0 Å². The fraction of sp³-hybridized carbons (Fsp3) is 0.286. The molecule has 0 bridgehead atoms. The Bertz CT molecular complexity index is 688. The minimum Gasteiger partial charge on any atom is -0.323 e. The van der Waals surface area contributed by atoms with Crippen molar-refractivity contribution in [3.8, 4) is 0 Å². The first-order valence-corrected chi connectivity index (χ1v) is 7.43. The highest BCUT2D eigenvalue weighted by Gasteiger charge is 2.07. The van der Waals surface area contributed by atoms with Crippen molar-refractivity contribution in [2.75, 3.05) is 5.32 Å². The van der Waals surface area contributed by atoms with E-state index in [-0.39, 0.29) is 17.2 Å². The van der Waals surface area contributed by atoms with E-state index < -0.39 is 11.6 Å². The van der Waals surface area contributed by atoms with Gasteiger partial charge in [-0.3, -0.25) is 9.78 Å². The summed E-state index contributed by atoms with van der Waals surface area (Å²) in [5.74, 6) is -0.698. The van der Waals surface area contributed by atoms with Gasteiger partial charge in [0.05, 0.1) is 11.4 Å². The van der Waals surface area contributed by atoms with Gasteiger partial charge in [0, 0.05) is 17.9 Å². The number of nitrogens with one attached hydrogen (secondary N) is 2. The van der Waals surface area contributed by atoms with Crippen molar-refractivity contribution in [1.82, 2.24) is 9.97 Å². The van der Waals surface area contributed by atoms with Crippen molar-refractivity contribution in [3.63, 3.8) is 0 Å². The van der Waals surface area contributed by atoms with E-state index in [2.05, 4.69) is 15.3 Å². The molecule has 2 N–H and O–H groups in total. The normalized spacial score (nSPS) is 10.9. The Balaban J connectivity index is 2.21. The van der Waals surface area contributed by atoms with Gasteiger partial charge in [-0.05, 0) is 17.4 Å². The zero-order chi connectivity index (χ0) is 15.4. The molecule has 2 aromatic rings. The SMILES string of the molecule is CC(C)SCc1cc(=O)[nH]c(Nc2ccc(F)cc2F)n1. The molecule has 0 saturated heterocycles. The largest absolute Gasteiger partial charge is 0.323 e. The Kier molecular flexibility index (Phi) is 4.95. The molecule has 21 heavy (non-hydrogen) atoms. The van der Waals surface area contributed by atoms with Gasteiger partial charge in [0.15, 0.2) is 0 Å². The molecule has 1 heterocycles. The van der Waals surface area contributed by atoms with Gasteiger partial charge in [-0.15, -0.1) is 0 Å². The predicted octanol–water partition coefficient (Wildman–Crippen LogP) is 3.43. The maximum absolute atomic E-state index is 13.6. The lowest BCUT2D eigenvalue weighted by Crippen LogP contribution is -2.12. The fourth-order valence-corrected chi connectivity index (χ4v) is 2.26. The molecule has 0 aliphatic carbocycles. The number of benzene rings is 1. The quantitative estimate of drug-likeness (QED) is 0.888. The molecule has 0 aliphatic rings. The zero-order valence-electron chi connectivity index (χ0n) is 11.6. The van der Waals surface area contributed by atoms with E-state index in [1.54, 1.807) is 11.8 Å². The molecule has 0 unspecified atom stereocenters. The van der Waals surface area contributed by atoms with Crippen LogP contribution >= 0.6 is 11.8 Å². The number of H-pyrrole nitrogens is 1. The number of aromatic nitrogens is 2. The molecule has 2 rings (SSSR count). The maximum Gasteiger partial charge on any atom is 0.252 e. The van der Waals surface area contributed by atoms with Crippen molar-refractivity contribution in [2.45, 2.75) is 24.9 Å². The molecule has 4 nitrogen and oxygen atoms in total. The Morgan fingerprint density at radius 1 is 1.33 bits per heavy atom. The number of thioether (sulfide) groups is 1. The summed E-state index contributed by atoms with van der Waals surface area (Å²) in [6, 6.07) is 4.54. The molecular formula is C14H15F2N3OS. The van der Waals surface area contributed by atoms with Crippen LogP contribution in [0.25, 0.3) is 0 Å². The highest BCUT2D eigenvalue weighted by Crippen LogP contribution is 2.19. The molecule has 112 valence electrons. The Morgan fingerprint density at radius 2 is 2.10 bits per heavy atom. The van der Waals surface area contributed by atoms with Crippen LogP contribution in [-0.2, 0) is 5.75 Å². The van der Waals surface area contributed by atoms with Gasteiger partial charge in [0.2, 0.25) is 5.95 Å². The van der Waals surface area contributed by atoms with Crippen LogP contribution in [0.3, 0.4) is 0 Å². The minimum absolute atomic E-state index is 0.0493.